The van der Waals surface area contributed by atoms with Gasteiger partial charge in [-0.2, -0.15) is 0 Å². The van der Waals surface area contributed by atoms with Gasteiger partial charge in [0.25, 0.3) is 5.91 Å². The second-order valence-corrected chi connectivity index (χ2v) is 7.67. The number of anilines is 1. The SMILES string of the molecule is CS(=O)(=O)c1ccc2nnn(OCC(=O)Nc3ccc(Cl)cc3)c2c1. The van der Waals surface area contributed by atoms with Gasteiger partial charge in [0.1, 0.15) is 11.0 Å². The second kappa shape index (κ2) is 6.69. The molecule has 1 aromatic heterocycles. The zero-order chi connectivity index (χ0) is 18.0. The number of halogens is 1. The number of aromatic nitrogens is 3. The number of nitrogens with zero attached hydrogens (tertiary/aromatic N) is 3. The molecule has 8 nitrogen and oxygen atoms in total. The monoisotopic (exact) mass is 380 g/mol. The number of hydrogen-bond acceptors (Lipinski definition) is 6. The number of nitrogens with one attached hydrogen (secondary N) is 1. The molecule has 0 saturated heterocycles. The van der Waals surface area contributed by atoms with E-state index in [2.05, 4.69) is 15.6 Å². The molecule has 1 amide bonds. The van der Waals surface area contributed by atoms with E-state index in [0.29, 0.717) is 21.7 Å². The first-order valence-electron chi connectivity index (χ1n) is 7.07. The molecule has 0 unspecified atom stereocenters. The highest BCUT2D eigenvalue weighted by atomic mass is 35.5. The molecule has 0 atom stereocenters. The van der Waals surface area contributed by atoms with Crippen LogP contribution in [0.3, 0.4) is 0 Å². The van der Waals surface area contributed by atoms with Crippen LogP contribution in [0.4, 0.5) is 5.69 Å². The lowest BCUT2D eigenvalue weighted by Gasteiger charge is -2.07. The number of hydrogen-bond donors (Lipinski definition) is 1. The van der Waals surface area contributed by atoms with Gasteiger partial charge >= 0.3 is 0 Å². The number of sulfone groups is 1. The molecule has 2 aromatic carbocycles. The zero-order valence-corrected chi connectivity index (χ0v) is 14.6. The van der Waals surface area contributed by atoms with Crippen LogP contribution in [0.5, 0.6) is 0 Å². The van der Waals surface area contributed by atoms with E-state index < -0.39 is 15.7 Å². The molecule has 0 spiro atoms. The maximum absolute atomic E-state index is 11.9. The fourth-order valence-corrected chi connectivity index (χ4v) is 2.82. The largest absolute Gasteiger partial charge is 0.385 e. The van der Waals surface area contributed by atoms with E-state index in [0.717, 1.165) is 11.1 Å². The van der Waals surface area contributed by atoms with E-state index in [1.807, 2.05) is 0 Å². The molecule has 130 valence electrons. The Kier molecular flexibility index (Phi) is 4.60. The first-order valence-corrected chi connectivity index (χ1v) is 9.34. The van der Waals surface area contributed by atoms with Crippen LogP contribution in [0.2, 0.25) is 5.02 Å². The summed E-state index contributed by atoms with van der Waals surface area (Å²) in [6.45, 7) is -0.329. The lowest BCUT2D eigenvalue weighted by Crippen LogP contribution is -2.26. The topological polar surface area (TPSA) is 103 Å². The van der Waals surface area contributed by atoms with Gasteiger partial charge in [-0.15, -0.1) is 5.10 Å². The van der Waals surface area contributed by atoms with Crippen molar-refractivity contribution in [3.05, 3.63) is 47.5 Å². The molecule has 0 bridgehead atoms. The molecule has 3 rings (SSSR count). The molecule has 0 aliphatic heterocycles. The Balaban J connectivity index is 1.72. The van der Waals surface area contributed by atoms with Gasteiger partial charge in [0, 0.05) is 17.0 Å². The Morgan fingerprint density at radius 3 is 2.64 bits per heavy atom. The van der Waals surface area contributed by atoms with Gasteiger partial charge < -0.3 is 10.2 Å². The number of fused-ring (bicyclic) bond motifs is 1. The highest BCUT2D eigenvalue weighted by Crippen LogP contribution is 2.17. The minimum Gasteiger partial charge on any atom is -0.385 e. The molecular formula is C15H13ClN4O4S. The van der Waals surface area contributed by atoms with Crippen molar-refractivity contribution in [1.29, 1.82) is 0 Å². The van der Waals surface area contributed by atoms with Crippen LogP contribution in [-0.4, -0.2) is 42.3 Å². The van der Waals surface area contributed by atoms with Crippen LogP contribution in [-0.2, 0) is 14.6 Å². The first kappa shape index (κ1) is 17.2. The van der Waals surface area contributed by atoms with Crippen LogP contribution in [0.25, 0.3) is 11.0 Å². The molecule has 10 heteroatoms. The van der Waals surface area contributed by atoms with Gasteiger partial charge in [-0.1, -0.05) is 16.4 Å². The summed E-state index contributed by atoms with van der Waals surface area (Å²) in [6.07, 6.45) is 1.10. The highest BCUT2D eigenvalue weighted by Gasteiger charge is 2.13. The Labute approximate surface area is 148 Å². The molecule has 0 fully saturated rings. The quantitative estimate of drug-likeness (QED) is 0.720. The van der Waals surface area contributed by atoms with Crippen LogP contribution < -0.4 is 10.2 Å². The Bertz CT molecular complexity index is 1030. The maximum atomic E-state index is 11.9. The standard InChI is InChI=1S/C15H13ClN4O4S/c1-25(22,23)12-6-7-13-14(8-12)20(19-18-13)24-9-15(21)17-11-4-2-10(16)3-5-11/h2-8H,9H2,1H3,(H,17,21). The van der Waals surface area contributed by atoms with Crippen molar-refractivity contribution in [1.82, 2.24) is 15.2 Å². The number of benzene rings is 2. The van der Waals surface area contributed by atoms with Crippen LogP contribution in [0.15, 0.2) is 47.4 Å². The molecule has 1 heterocycles. The average Bonchev–Trinajstić information content (AvgIpc) is 2.96. The highest BCUT2D eigenvalue weighted by molar-refractivity contribution is 7.90. The summed E-state index contributed by atoms with van der Waals surface area (Å²) in [5.74, 6) is -0.412. The summed E-state index contributed by atoms with van der Waals surface area (Å²) in [4.78, 5) is 18.4. The Morgan fingerprint density at radius 1 is 1.24 bits per heavy atom. The van der Waals surface area contributed by atoms with E-state index >= 15 is 0 Å². The van der Waals surface area contributed by atoms with Gasteiger partial charge in [0.2, 0.25) is 0 Å². The van der Waals surface area contributed by atoms with Crippen LogP contribution >= 0.6 is 11.6 Å². The third kappa shape index (κ3) is 4.06. The van der Waals surface area contributed by atoms with Gasteiger partial charge in [0.15, 0.2) is 16.4 Å². The van der Waals surface area contributed by atoms with Gasteiger partial charge in [-0.25, -0.2) is 8.42 Å². The van der Waals surface area contributed by atoms with Crippen LogP contribution in [0.1, 0.15) is 0 Å². The summed E-state index contributed by atoms with van der Waals surface area (Å²) >= 11 is 5.78. The second-order valence-electron chi connectivity index (χ2n) is 5.21. The smallest absolute Gasteiger partial charge is 0.265 e. The molecule has 1 N–H and O–H groups in total. The molecule has 3 aromatic rings. The normalized spacial score (nSPS) is 11.4. The van der Waals surface area contributed by atoms with Crippen molar-refractivity contribution < 1.29 is 18.0 Å². The summed E-state index contributed by atoms with van der Waals surface area (Å²) in [5.41, 5.74) is 1.37. The number of carbonyl (C=O) groups excluding carboxylic acids is 1. The third-order valence-electron chi connectivity index (χ3n) is 3.26. The maximum Gasteiger partial charge on any atom is 0.265 e. The zero-order valence-electron chi connectivity index (χ0n) is 13.0. The van der Waals surface area contributed by atoms with Gasteiger partial charge in [0.05, 0.1) is 4.90 Å². The lowest BCUT2D eigenvalue weighted by atomic mass is 10.3. The molecule has 0 aliphatic carbocycles. The fourth-order valence-electron chi connectivity index (χ4n) is 2.05. The van der Waals surface area contributed by atoms with Crippen molar-refractivity contribution in [3.8, 4) is 0 Å². The van der Waals surface area contributed by atoms with Crippen molar-refractivity contribution in [3.63, 3.8) is 0 Å². The van der Waals surface area contributed by atoms with Gasteiger partial charge in [-0.05, 0) is 47.7 Å². The number of carbonyl (C=O) groups is 1. The molecule has 25 heavy (non-hydrogen) atoms. The van der Waals surface area contributed by atoms with E-state index in [1.54, 1.807) is 24.3 Å². The first-order chi connectivity index (χ1) is 11.8. The van der Waals surface area contributed by atoms with E-state index in [9.17, 15) is 13.2 Å². The minimum atomic E-state index is -3.38. The summed E-state index contributed by atoms with van der Waals surface area (Å²) in [6, 6.07) is 11.0. The summed E-state index contributed by atoms with van der Waals surface area (Å²) < 4.78 is 23.3. The van der Waals surface area contributed by atoms with E-state index in [1.165, 1.54) is 18.2 Å². The number of rotatable bonds is 5. The molecule has 0 saturated carbocycles. The number of amides is 1. The van der Waals surface area contributed by atoms with E-state index in [-0.39, 0.29) is 11.5 Å². The van der Waals surface area contributed by atoms with E-state index in [4.69, 9.17) is 16.4 Å². The predicted octanol–water partition coefficient (Wildman–Crippen LogP) is 1.56. The predicted molar refractivity (Wildman–Crippen MR) is 92.2 cm³/mol. The fraction of sp³-hybridized carbons (Fsp3) is 0.133. The van der Waals surface area contributed by atoms with Crippen molar-refractivity contribution in [2.75, 3.05) is 18.2 Å². The van der Waals surface area contributed by atoms with Crippen molar-refractivity contribution in [2.45, 2.75) is 4.90 Å². The minimum absolute atomic E-state index is 0.109. The van der Waals surface area contributed by atoms with Crippen molar-refractivity contribution >= 4 is 44.1 Å². The molecular weight excluding hydrogens is 368 g/mol. The Morgan fingerprint density at radius 2 is 1.96 bits per heavy atom. The third-order valence-corrected chi connectivity index (χ3v) is 4.62. The average molecular weight is 381 g/mol. The molecule has 0 radical (unpaired) electrons. The molecule has 0 aliphatic rings. The van der Waals surface area contributed by atoms with Gasteiger partial charge in [-0.3, -0.25) is 4.79 Å². The van der Waals surface area contributed by atoms with Crippen LogP contribution in [0, 0.1) is 0 Å². The Hall–Kier alpha value is -2.65. The summed E-state index contributed by atoms with van der Waals surface area (Å²) in [5, 5.41) is 10.8. The van der Waals surface area contributed by atoms with Crippen molar-refractivity contribution in [2.24, 2.45) is 0 Å². The summed E-state index contributed by atoms with van der Waals surface area (Å²) in [7, 11) is -3.38. The lowest BCUT2D eigenvalue weighted by molar-refractivity contribution is -0.121.